The number of nitrogens with zero attached hydrogens (tertiary/aromatic N) is 2. The molecule has 0 aliphatic carbocycles. The number of aromatic nitrogens is 2. The van der Waals surface area contributed by atoms with E-state index in [1.807, 2.05) is 6.92 Å². The highest BCUT2D eigenvalue weighted by Crippen LogP contribution is 2.20. The van der Waals surface area contributed by atoms with E-state index >= 15 is 0 Å². The lowest BCUT2D eigenvalue weighted by molar-refractivity contribution is -0.116. The molecule has 0 atom stereocenters. The van der Waals surface area contributed by atoms with Crippen molar-refractivity contribution in [1.29, 1.82) is 0 Å². The lowest BCUT2D eigenvalue weighted by Gasteiger charge is -2.12. The molecule has 110 valence electrons. The standard InChI is InChI=1S/C14H15BrN4O2/c1-8-11(16)4-3-5-12(8)18-13(20)7-19-9(2)17-6-10(15)14(19)21/h3-6H,7,16H2,1-2H3,(H,18,20). The second kappa shape index (κ2) is 6.09. The average molecular weight is 351 g/mol. The van der Waals surface area contributed by atoms with Gasteiger partial charge in [0, 0.05) is 17.6 Å². The van der Waals surface area contributed by atoms with Gasteiger partial charge < -0.3 is 11.1 Å². The van der Waals surface area contributed by atoms with Crippen molar-refractivity contribution in [3.05, 3.63) is 50.6 Å². The lowest BCUT2D eigenvalue weighted by atomic mass is 10.1. The number of carbonyl (C=O) groups is 1. The molecular weight excluding hydrogens is 336 g/mol. The van der Waals surface area contributed by atoms with Crippen LogP contribution < -0.4 is 16.6 Å². The topological polar surface area (TPSA) is 90.0 Å². The molecule has 0 spiro atoms. The number of hydrogen-bond donors (Lipinski definition) is 2. The zero-order valence-corrected chi connectivity index (χ0v) is 13.3. The predicted molar refractivity (Wildman–Crippen MR) is 85.2 cm³/mol. The first-order valence-corrected chi connectivity index (χ1v) is 7.06. The second-order valence-electron chi connectivity index (χ2n) is 4.61. The van der Waals surface area contributed by atoms with E-state index in [1.54, 1.807) is 25.1 Å². The molecule has 0 aliphatic rings. The van der Waals surface area contributed by atoms with Gasteiger partial charge in [0.15, 0.2) is 0 Å². The summed E-state index contributed by atoms with van der Waals surface area (Å²) in [6, 6.07) is 5.28. The van der Waals surface area contributed by atoms with Gasteiger partial charge in [0.1, 0.15) is 16.8 Å². The Kier molecular flexibility index (Phi) is 4.42. The van der Waals surface area contributed by atoms with Crippen molar-refractivity contribution in [1.82, 2.24) is 9.55 Å². The fourth-order valence-corrected chi connectivity index (χ4v) is 2.18. The van der Waals surface area contributed by atoms with Crippen molar-refractivity contribution in [3.8, 4) is 0 Å². The van der Waals surface area contributed by atoms with E-state index in [2.05, 4.69) is 26.2 Å². The molecule has 0 radical (unpaired) electrons. The number of nitrogens with one attached hydrogen (secondary N) is 1. The highest BCUT2D eigenvalue weighted by atomic mass is 79.9. The van der Waals surface area contributed by atoms with Gasteiger partial charge in [-0.3, -0.25) is 14.2 Å². The molecule has 21 heavy (non-hydrogen) atoms. The van der Waals surface area contributed by atoms with E-state index in [1.165, 1.54) is 10.8 Å². The highest BCUT2D eigenvalue weighted by Gasteiger charge is 2.11. The third-order valence-corrected chi connectivity index (χ3v) is 3.70. The van der Waals surface area contributed by atoms with Crippen LogP contribution in [0.15, 0.2) is 33.7 Å². The summed E-state index contributed by atoms with van der Waals surface area (Å²) in [6.45, 7) is 3.39. The minimum atomic E-state index is -0.311. The third kappa shape index (κ3) is 3.30. The molecule has 1 amide bonds. The number of nitrogens with two attached hydrogens (primary N) is 1. The molecular formula is C14H15BrN4O2. The van der Waals surface area contributed by atoms with Gasteiger partial charge in [-0.1, -0.05) is 6.07 Å². The Morgan fingerprint density at radius 1 is 1.43 bits per heavy atom. The van der Waals surface area contributed by atoms with E-state index in [9.17, 15) is 9.59 Å². The van der Waals surface area contributed by atoms with Crippen molar-refractivity contribution >= 4 is 33.2 Å². The molecule has 2 aromatic rings. The maximum atomic E-state index is 12.1. The highest BCUT2D eigenvalue weighted by molar-refractivity contribution is 9.10. The molecule has 1 heterocycles. The fourth-order valence-electron chi connectivity index (χ4n) is 1.86. The van der Waals surface area contributed by atoms with Crippen molar-refractivity contribution in [2.75, 3.05) is 11.1 Å². The maximum Gasteiger partial charge on any atom is 0.268 e. The summed E-state index contributed by atoms with van der Waals surface area (Å²) in [7, 11) is 0. The van der Waals surface area contributed by atoms with Gasteiger partial charge in [-0.25, -0.2) is 4.98 Å². The SMILES string of the molecule is Cc1c(N)cccc1NC(=O)Cn1c(C)ncc(Br)c1=O. The Bertz CT molecular complexity index is 755. The number of hydrogen-bond acceptors (Lipinski definition) is 4. The predicted octanol–water partition coefficient (Wildman–Crippen LogP) is 1.84. The molecule has 0 saturated carbocycles. The van der Waals surface area contributed by atoms with Crippen LogP contribution in [-0.4, -0.2) is 15.5 Å². The van der Waals surface area contributed by atoms with Crippen molar-refractivity contribution in [2.24, 2.45) is 0 Å². The maximum absolute atomic E-state index is 12.1. The van der Waals surface area contributed by atoms with E-state index in [0.29, 0.717) is 21.7 Å². The number of amides is 1. The number of rotatable bonds is 3. The Labute approximate surface area is 130 Å². The van der Waals surface area contributed by atoms with Gasteiger partial charge in [0.25, 0.3) is 5.56 Å². The van der Waals surface area contributed by atoms with Crippen molar-refractivity contribution < 1.29 is 4.79 Å². The van der Waals surface area contributed by atoms with Gasteiger partial charge in [0.05, 0.1) is 0 Å². The molecule has 6 nitrogen and oxygen atoms in total. The van der Waals surface area contributed by atoms with E-state index in [-0.39, 0.29) is 18.0 Å². The quantitative estimate of drug-likeness (QED) is 0.826. The van der Waals surface area contributed by atoms with Gasteiger partial charge in [-0.05, 0) is 47.5 Å². The van der Waals surface area contributed by atoms with Crippen LogP contribution in [0.4, 0.5) is 11.4 Å². The number of aryl methyl sites for hydroxylation is 1. The van der Waals surface area contributed by atoms with Gasteiger partial charge in [-0.15, -0.1) is 0 Å². The van der Waals surface area contributed by atoms with Crippen LogP contribution in [0.25, 0.3) is 0 Å². The number of anilines is 2. The van der Waals surface area contributed by atoms with Crippen LogP contribution in [0.3, 0.4) is 0 Å². The van der Waals surface area contributed by atoms with E-state index in [4.69, 9.17) is 5.73 Å². The number of nitrogen functional groups attached to an aromatic ring is 1. The first kappa shape index (κ1) is 15.2. The minimum Gasteiger partial charge on any atom is -0.398 e. The molecule has 1 aromatic carbocycles. The second-order valence-corrected chi connectivity index (χ2v) is 5.47. The Morgan fingerprint density at radius 3 is 2.86 bits per heavy atom. The summed E-state index contributed by atoms with van der Waals surface area (Å²) in [5.41, 5.74) is 7.53. The van der Waals surface area contributed by atoms with E-state index < -0.39 is 0 Å². The minimum absolute atomic E-state index is 0.106. The molecule has 0 aliphatic heterocycles. The summed E-state index contributed by atoms with van der Waals surface area (Å²) < 4.78 is 1.63. The Balaban J connectivity index is 2.22. The largest absolute Gasteiger partial charge is 0.398 e. The lowest BCUT2D eigenvalue weighted by Crippen LogP contribution is -2.30. The first-order chi connectivity index (χ1) is 9.90. The first-order valence-electron chi connectivity index (χ1n) is 6.27. The molecule has 2 rings (SSSR count). The summed E-state index contributed by atoms with van der Waals surface area (Å²) in [5, 5.41) is 2.75. The molecule has 0 fully saturated rings. The van der Waals surface area contributed by atoms with Crippen molar-refractivity contribution in [3.63, 3.8) is 0 Å². The monoisotopic (exact) mass is 350 g/mol. The van der Waals surface area contributed by atoms with Gasteiger partial charge in [0.2, 0.25) is 5.91 Å². The molecule has 0 saturated heterocycles. The fraction of sp³-hybridized carbons (Fsp3) is 0.214. The van der Waals surface area contributed by atoms with Crippen LogP contribution in [0.1, 0.15) is 11.4 Å². The van der Waals surface area contributed by atoms with Crippen LogP contribution >= 0.6 is 15.9 Å². The number of benzene rings is 1. The summed E-state index contributed by atoms with van der Waals surface area (Å²) in [5.74, 6) is 0.163. The van der Waals surface area contributed by atoms with E-state index in [0.717, 1.165) is 5.56 Å². The summed E-state index contributed by atoms with van der Waals surface area (Å²) >= 11 is 3.11. The normalized spacial score (nSPS) is 10.4. The van der Waals surface area contributed by atoms with Crippen LogP contribution in [-0.2, 0) is 11.3 Å². The van der Waals surface area contributed by atoms with Crippen LogP contribution in [0.2, 0.25) is 0 Å². The number of carbonyl (C=O) groups excluding carboxylic acids is 1. The smallest absolute Gasteiger partial charge is 0.268 e. The molecule has 3 N–H and O–H groups in total. The molecule has 1 aromatic heterocycles. The zero-order valence-electron chi connectivity index (χ0n) is 11.7. The Morgan fingerprint density at radius 2 is 2.14 bits per heavy atom. The molecule has 0 unspecified atom stereocenters. The van der Waals surface area contributed by atoms with Crippen LogP contribution in [0, 0.1) is 13.8 Å². The van der Waals surface area contributed by atoms with Gasteiger partial charge >= 0.3 is 0 Å². The molecule has 7 heteroatoms. The molecule has 0 bridgehead atoms. The Hall–Kier alpha value is -2.15. The average Bonchev–Trinajstić information content (AvgIpc) is 2.44. The third-order valence-electron chi connectivity index (χ3n) is 3.16. The van der Waals surface area contributed by atoms with Crippen LogP contribution in [0.5, 0.6) is 0 Å². The summed E-state index contributed by atoms with van der Waals surface area (Å²) in [6.07, 6.45) is 1.42. The zero-order chi connectivity index (χ0) is 15.6. The van der Waals surface area contributed by atoms with Crippen molar-refractivity contribution in [2.45, 2.75) is 20.4 Å². The summed E-state index contributed by atoms with van der Waals surface area (Å²) in [4.78, 5) is 28.1. The van der Waals surface area contributed by atoms with Gasteiger partial charge in [-0.2, -0.15) is 0 Å². The number of halogens is 1.